The number of hydrogen-bond donors (Lipinski definition) is 1. The molecule has 0 fully saturated rings. The largest absolute Gasteiger partial charge is 0.379 e. The molecule has 0 aliphatic rings. The van der Waals surface area contributed by atoms with Gasteiger partial charge in [0.25, 0.3) is 0 Å². The molecular weight excluding hydrogens is 188 g/mol. The molecule has 0 unspecified atom stereocenters. The average Bonchev–Trinajstić information content (AvgIpc) is 2.16. The highest BCUT2D eigenvalue weighted by Gasteiger charge is 1.96. The maximum absolute atomic E-state index is 5.53. The van der Waals surface area contributed by atoms with Gasteiger partial charge in [-0.05, 0) is 32.5 Å². The highest BCUT2D eigenvalue weighted by molar-refractivity contribution is 4.51. The molecule has 0 rings (SSSR count). The molecule has 92 valence electrons. The highest BCUT2D eigenvalue weighted by atomic mass is 16.5. The van der Waals surface area contributed by atoms with E-state index in [4.69, 9.17) is 4.74 Å². The van der Waals surface area contributed by atoms with Crippen molar-refractivity contribution < 1.29 is 4.74 Å². The number of rotatable bonds is 10. The fourth-order valence-electron chi connectivity index (χ4n) is 1.35. The van der Waals surface area contributed by atoms with Crippen LogP contribution in [0.1, 0.15) is 27.2 Å². The minimum Gasteiger partial charge on any atom is -0.379 e. The monoisotopic (exact) mass is 216 g/mol. The molecule has 15 heavy (non-hydrogen) atoms. The van der Waals surface area contributed by atoms with Gasteiger partial charge in [-0.3, -0.25) is 0 Å². The van der Waals surface area contributed by atoms with Crippen molar-refractivity contribution in [1.29, 1.82) is 0 Å². The van der Waals surface area contributed by atoms with E-state index in [1.165, 1.54) is 6.42 Å². The van der Waals surface area contributed by atoms with E-state index >= 15 is 0 Å². The summed E-state index contributed by atoms with van der Waals surface area (Å²) in [5.41, 5.74) is 0. The SMILES string of the molecule is CCCN(C)CCOCCNCC(C)C. The van der Waals surface area contributed by atoms with Crippen LogP contribution in [0.25, 0.3) is 0 Å². The van der Waals surface area contributed by atoms with Crippen LogP contribution in [0.2, 0.25) is 0 Å². The Labute approximate surface area is 95.2 Å². The van der Waals surface area contributed by atoms with Crippen LogP contribution in [0, 0.1) is 5.92 Å². The third kappa shape index (κ3) is 11.8. The number of nitrogens with zero attached hydrogens (tertiary/aromatic N) is 1. The molecule has 0 atom stereocenters. The van der Waals surface area contributed by atoms with Gasteiger partial charge < -0.3 is 15.0 Å². The van der Waals surface area contributed by atoms with Gasteiger partial charge in [0.2, 0.25) is 0 Å². The molecule has 0 aromatic heterocycles. The number of nitrogens with one attached hydrogen (secondary N) is 1. The van der Waals surface area contributed by atoms with Gasteiger partial charge in [0.05, 0.1) is 13.2 Å². The first-order chi connectivity index (χ1) is 7.16. The Morgan fingerprint density at radius 2 is 1.93 bits per heavy atom. The summed E-state index contributed by atoms with van der Waals surface area (Å²) in [6, 6.07) is 0. The Morgan fingerprint density at radius 3 is 2.53 bits per heavy atom. The summed E-state index contributed by atoms with van der Waals surface area (Å²) in [5, 5.41) is 3.36. The molecule has 3 heteroatoms. The molecule has 0 saturated heterocycles. The second-order valence-electron chi connectivity index (χ2n) is 4.51. The molecule has 0 heterocycles. The maximum atomic E-state index is 5.53. The van der Waals surface area contributed by atoms with Crippen LogP contribution < -0.4 is 5.32 Å². The Morgan fingerprint density at radius 1 is 1.20 bits per heavy atom. The van der Waals surface area contributed by atoms with Crippen molar-refractivity contribution in [2.45, 2.75) is 27.2 Å². The van der Waals surface area contributed by atoms with E-state index in [1.54, 1.807) is 0 Å². The fraction of sp³-hybridized carbons (Fsp3) is 1.00. The topological polar surface area (TPSA) is 24.5 Å². The molecule has 0 aromatic carbocycles. The van der Waals surface area contributed by atoms with E-state index in [2.05, 4.69) is 38.0 Å². The van der Waals surface area contributed by atoms with Gasteiger partial charge in [0, 0.05) is 13.1 Å². The third-order valence-electron chi connectivity index (χ3n) is 2.20. The predicted molar refractivity (Wildman–Crippen MR) is 66.3 cm³/mol. The first-order valence-electron chi connectivity index (χ1n) is 6.13. The molecule has 0 aliphatic heterocycles. The second kappa shape index (κ2) is 10.4. The van der Waals surface area contributed by atoms with Crippen LogP contribution in [-0.4, -0.2) is 51.3 Å². The zero-order chi connectivity index (χ0) is 11.5. The van der Waals surface area contributed by atoms with E-state index in [0.29, 0.717) is 0 Å². The van der Waals surface area contributed by atoms with Crippen molar-refractivity contribution in [2.24, 2.45) is 5.92 Å². The van der Waals surface area contributed by atoms with Crippen molar-refractivity contribution in [2.75, 3.05) is 46.4 Å². The number of ether oxygens (including phenoxy) is 1. The quantitative estimate of drug-likeness (QED) is 0.561. The first-order valence-corrected chi connectivity index (χ1v) is 6.13. The summed E-state index contributed by atoms with van der Waals surface area (Å²) in [6.07, 6.45) is 1.21. The summed E-state index contributed by atoms with van der Waals surface area (Å²) >= 11 is 0. The van der Waals surface area contributed by atoms with Gasteiger partial charge >= 0.3 is 0 Å². The fourth-order valence-corrected chi connectivity index (χ4v) is 1.35. The summed E-state index contributed by atoms with van der Waals surface area (Å²) < 4.78 is 5.53. The molecule has 0 spiro atoms. The van der Waals surface area contributed by atoms with Gasteiger partial charge in [-0.1, -0.05) is 20.8 Å². The summed E-state index contributed by atoms with van der Waals surface area (Å²) in [6.45, 7) is 12.6. The summed E-state index contributed by atoms with van der Waals surface area (Å²) in [4.78, 5) is 2.31. The lowest BCUT2D eigenvalue weighted by molar-refractivity contribution is 0.113. The van der Waals surface area contributed by atoms with Gasteiger partial charge in [-0.25, -0.2) is 0 Å². The maximum Gasteiger partial charge on any atom is 0.0593 e. The Balaban J connectivity index is 3.04. The second-order valence-corrected chi connectivity index (χ2v) is 4.51. The van der Waals surface area contributed by atoms with E-state index in [-0.39, 0.29) is 0 Å². The van der Waals surface area contributed by atoms with Crippen LogP contribution in [0.3, 0.4) is 0 Å². The van der Waals surface area contributed by atoms with Gasteiger partial charge in [-0.15, -0.1) is 0 Å². The van der Waals surface area contributed by atoms with Crippen LogP contribution >= 0.6 is 0 Å². The van der Waals surface area contributed by atoms with Crippen molar-refractivity contribution in [3.8, 4) is 0 Å². The highest BCUT2D eigenvalue weighted by Crippen LogP contribution is 1.87. The van der Waals surface area contributed by atoms with E-state index in [0.717, 1.165) is 45.3 Å². The zero-order valence-corrected chi connectivity index (χ0v) is 10.9. The normalized spacial score (nSPS) is 11.6. The minimum absolute atomic E-state index is 0.723. The van der Waals surface area contributed by atoms with Crippen molar-refractivity contribution in [3.63, 3.8) is 0 Å². The average molecular weight is 216 g/mol. The predicted octanol–water partition coefficient (Wildman–Crippen LogP) is 1.59. The number of likely N-dealkylation sites (N-methyl/N-ethyl adjacent to an activating group) is 1. The van der Waals surface area contributed by atoms with Crippen molar-refractivity contribution in [3.05, 3.63) is 0 Å². The van der Waals surface area contributed by atoms with Crippen molar-refractivity contribution in [1.82, 2.24) is 10.2 Å². The van der Waals surface area contributed by atoms with Gasteiger partial charge in [-0.2, -0.15) is 0 Å². The lowest BCUT2D eigenvalue weighted by Crippen LogP contribution is -2.27. The molecular formula is C12H28N2O. The Hall–Kier alpha value is -0.120. The first kappa shape index (κ1) is 14.9. The van der Waals surface area contributed by atoms with Crippen LogP contribution in [0.4, 0.5) is 0 Å². The zero-order valence-electron chi connectivity index (χ0n) is 10.9. The van der Waals surface area contributed by atoms with Crippen molar-refractivity contribution >= 4 is 0 Å². The lowest BCUT2D eigenvalue weighted by atomic mass is 10.2. The lowest BCUT2D eigenvalue weighted by Gasteiger charge is -2.15. The Bertz CT molecular complexity index is 129. The standard InChI is InChI=1S/C12H28N2O/c1-5-7-14(4)8-10-15-9-6-13-11-12(2)3/h12-13H,5-11H2,1-4H3. The third-order valence-corrected chi connectivity index (χ3v) is 2.20. The molecule has 0 bridgehead atoms. The van der Waals surface area contributed by atoms with Gasteiger partial charge in [0.15, 0.2) is 0 Å². The number of hydrogen-bond acceptors (Lipinski definition) is 3. The van der Waals surface area contributed by atoms with E-state index in [1.807, 2.05) is 0 Å². The molecule has 0 amide bonds. The molecule has 0 saturated carbocycles. The molecule has 0 aromatic rings. The Kier molecular flexibility index (Phi) is 10.3. The summed E-state index contributed by atoms with van der Waals surface area (Å²) in [5.74, 6) is 0.723. The van der Waals surface area contributed by atoms with E-state index < -0.39 is 0 Å². The smallest absolute Gasteiger partial charge is 0.0593 e. The van der Waals surface area contributed by atoms with E-state index in [9.17, 15) is 0 Å². The van der Waals surface area contributed by atoms with Crippen LogP contribution in [0.15, 0.2) is 0 Å². The summed E-state index contributed by atoms with van der Waals surface area (Å²) in [7, 11) is 2.14. The molecule has 3 nitrogen and oxygen atoms in total. The minimum atomic E-state index is 0.723. The molecule has 0 radical (unpaired) electrons. The molecule has 1 N–H and O–H groups in total. The molecule has 0 aliphatic carbocycles. The van der Waals surface area contributed by atoms with Crippen LogP contribution in [0.5, 0.6) is 0 Å². The van der Waals surface area contributed by atoms with Crippen LogP contribution in [-0.2, 0) is 4.74 Å². The van der Waals surface area contributed by atoms with Gasteiger partial charge in [0.1, 0.15) is 0 Å².